The molecule has 5 nitrogen and oxygen atoms in total. The molecule has 0 radical (unpaired) electrons. The normalized spacial score (nSPS) is 13.5. The Morgan fingerprint density at radius 1 is 0.289 bits per heavy atom. The van der Waals surface area contributed by atoms with Crippen LogP contribution in [0.1, 0.15) is 0 Å². The van der Waals surface area contributed by atoms with Crippen molar-refractivity contribution in [2.45, 2.75) is 29.4 Å². The first kappa shape index (κ1) is 50.7. The van der Waals surface area contributed by atoms with E-state index in [0.29, 0.717) is 0 Å². The molecule has 418 valence electrons. The predicted octanol–water partition coefficient (Wildman–Crippen LogP) is 18.9. The molecule has 0 spiro atoms. The number of hydrogen-bond donors (Lipinski definition) is 0. The molecule has 0 fully saturated rings. The van der Waals surface area contributed by atoms with E-state index < -0.39 is 0 Å². The van der Waals surface area contributed by atoms with Crippen LogP contribution in [0.5, 0.6) is 0 Å². The largest absolute Gasteiger partial charge is 0.454 e. The quantitative estimate of drug-likeness (QED) is 0.146. The third-order valence-electron chi connectivity index (χ3n) is 18.8. The number of furan rings is 2. The molecule has 4 aliphatic rings. The van der Waals surface area contributed by atoms with Crippen LogP contribution in [0.4, 0.5) is 51.2 Å². The van der Waals surface area contributed by atoms with Crippen molar-refractivity contribution >= 4 is 198 Å². The summed E-state index contributed by atoms with van der Waals surface area (Å²) in [6.07, 6.45) is 0. The number of benzene rings is 14. The van der Waals surface area contributed by atoms with Crippen molar-refractivity contribution in [3.8, 4) is 0 Å². The molecule has 6 heterocycles. The molecule has 14 aromatic carbocycles. The van der Waals surface area contributed by atoms with Gasteiger partial charge in [0.2, 0.25) is 6.71 Å². The number of nitrogens with zero attached hydrogens (tertiary/aromatic N) is 3. The fourth-order valence-corrected chi connectivity index (χ4v) is 18.1. The Hall–Kier alpha value is -10.2. The van der Waals surface area contributed by atoms with Crippen LogP contribution in [-0.2, 0) is 0 Å². The minimum atomic E-state index is -0.162. The van der Waals surface area contributed by atoms with E-state index in [1.807, 2.05) is 11.8 Å². The van der Waals surface area contributed by atoms with Crippen molar-refractivity contribution in [2.24, 2.45) is 0 Å². The molecule has 16 aromatic rings. The van der Waals surface area contributed by atoms with Gasteiger partial charge in [-0.1, -0.05) is 186 Å². The van der Waals surface area contributed by atoms with Crippen molar-refractivity contribution in [3.63, 3.8) is 0 Å². The average Bonchev–Trinajstić information content (AvgIpc) is 1.09. The van der Waals surface area contributed by atoms with E-state index in [0.717, 1.165) is 100 Å². The van der Waals surface area contributed by atoms with E-state index in [1.165, 1.54) is 78.6 Å². The highest BCUT2D eigenvalue weighted by Gasteiger charge is 2.49. The van der Waals surface area contributed by atoms with E-state index in [2.05, 4.69) is 300 Å². The number of fused-ring (bicyclic) bond motifs is 18. The van der Waals surface area contributed by atoms with E-state index in [9.17, 15) is 0 Å². The summed E-state index contributed by atoms with van der Waals surface area (Å²) < 4.78 is 14.8. The molecule has 20 rings (SSSR count). The highest BCUT2D eigenvalue weighted by Crippen LogP contribution is 2.53. The molecule has 0 saturated heterocycles. The lowest BCUT2D eigenvalue weighted by Crippen LogP contribution is -2.64. The summed E-state index contributed by atoms with van der Waals surface area (Å²) in [7, 11) is 0. The third-order valence-corrected chi connectivity index (χ3v) is 22.0. The van der Waals surface area contributed by atoms with E-state index in [1.54, 1.807) is 23.5 Å². The molecule has 4 aliphatic heterocycles. The molecule has 90 heavy (non-hydrogen) atoms. The van der Waals surface area contributed by atoms with Crippen LogP contribution in [0.15, 0.2) is 323 Å². The monoisotopic (exact) mass is 1200 g/mol. The van der Waals surface area contributed by atoms with Gasteiger partial charge in [0.05, 0.1) is 11.4 Å². The summed E-state index contributed by atoms with van der Waals surface area (Å²) in [6.45, 7) is -0.281. The van der Waals surface area contributed by atoms with Crippen LogP contribution >= 0.6 is 35.3 Å². The standard InChI is InChI=1S/C80H47B2N3O2S3/c1-6-20-52(21-7-1)83-69-47-73-66(82-64-31-17-19-33-68(64)85(54-24-10-3-11-25-54)78-76(82)74(90-73)45-62-60-41-51-39-58(89-56-28-14-5-15-29-56)37-35-49(51)43-72(60)87-80(62)78)46-65(69)81-63-30-16-18-32-67(63)84(53-22-8-2-9-23-53)77-75(81)70(83)44-61-59-40-50-38-57(88-55-26-12-4-13-27-55)36-34-48(50)42-71(59)86-79(61)77/h1-47H. The Bertz CT molecular complexity index is 5690. The zero-order valence-corrected chi connectivity index (χ0v) is 50.6. The van der Waals surface area contributed by atoms with Gasteiger partial charge in [-0.3, -0.25) is 0 Å². The van der Waals surface area contributed by atoms with Gasteiger partial charge in [-0.2, -0.15) is 0 Å². The molecule has 2 aromatic heterocycles. The lowest BCUT2D eigenvalue weighted by Gasteiger charge is -2.45. The topological polar surface area (TPSA) is 36.0 Å². The van der Waals surface area contributed by atoms with Gasteiger partial charge < -0.3 is 23.5 Å². The third kappa shape index (κ3) is 7.59. The number of para-hydroxylation sites is 5. The first-order valence-corrected chi connectivity index (χ1v) is 33.0. The van der Waals surface area contributed by atoms with Crippen LogP contribution < -0.4 is 47.5 Å². The first-order chi connectivity index (χ1) is 44.6. The molecule has 0 aliphatic carbocycles. The lowest BCUT2D eigenvalue weighted by molar-refractivity contribution is 0.669. The molecule has 10 heteroatoms. The molecular formula is C80H47B2N3O2S3. The average molecular weight is 1200 g/mol. The molecule has 0 unspecified atom stereocenters. The maximum atomic E-state index is 7.45. The van der Waals surface area contributed by atoms with Crippen molar-refractivity contribution in [3.05, 3.63) is 285 Å². The summed E-state index contributed by atoms with van der Waals surface area (Å²) in [5.41, 5.74) is 21.1. The zero-order valence-electron chi connectivity index (χ0n) is 48.2. The number of hydrogen-bond acceptors (Lipinski definition) is 8. The first-order valence-electron chi connectivity index (χ1n) is 30.6. The van der Waals surface area contributed by atoms with Crippen molar-refractivity contribution in [2.75, 3.05) is 14.7 Å². The summed E-state index contributed by atoms with van der Waals surface area (Å²) >= 11 is 5.49. The van der Waals surface area contributed by atoms with Gasteiger partial charge in [0.25, 0.3) is 6.71 Å². The molecular weight excluding hydrogens is 1150 g/mol. The van der Waals surface area contributed by atoms with Crippen LogP contribution in [0, 0.1) is 0 Å². The number of rotatable bonds is 7. The van der Waals surface area contributed by atoms with Gasteiger partial charge in [-0.15, -0.1) is 0 Å². The lowest BCUT2D eigenvalue weighted by atomic mass is 9.31. The van der Waals surface area contributed by atoms with Gasteiger partial charge in [0.1, 0.15) is 11.2 Å². The van der Waals surface area contributed by atoms with Crippen LogP contribution in [0.25, 0.3) is 65.4 Å². The molecule has 0 N–H and O–H groups in total. The maximum Gasteiger partial charge on any atom is 0.252 e. The Labute approximate surface area is 532 Å². The van der Waals surface area contributed by atoms with Crippen LogP contribution in [0.2, 0.25) is 0 Å². The summed E-state index contributed by atoms with van der Waals surface area (Å²) in [4.78, 5) is 14.8. The number of anilines is 9. The second-order valence-electron chi connectivity index (χ2n) is 23.8. The van der Waals surface area contributed by atoms with Crippen molar-refractivity contribution in [1.82, 2.24) is 0 Å². The van der Waals surface area contributed by atoms with Gasteiger partial charge in [0, 0.05) is 90.7 Å². The van der Waals surface area contributed by atoms with Gasteiger partial charge >= 0.3 is 0 Å². The Morgan fingerprint density at radius 3 is 1.28 bits per heavy atom. The summed E-state index contributed by atoms with van der Waals surface area (Å²) in [5, 5.41) is 9.05. The zero-order chi connectivity index (χ0) is 58.7. The smallest absolute Gasteiger partial charge is 0.252 e. The molecule has 0 atom stereocenters. The minimum absolute atomic E-state index is 0.119. The van der Waals surface area contributed by atoms with Crippen LogP contribution in [-0.4, -0.2) is 13.4 Å². The summed E-state index contributed by atoms with van der Waals surface area (Å²) in [6, 6.07) is 105. The highest BCUT2D eigenvalue weighted by atomic mass is 32.2. The Kier molecular flexibility index (Phi) is 11.1. The highest BCUT2D eigenvalue weighted by molar-refractivity contribution is 8.00. The van der Waals surface area contributed by atoms with Gasteiger partial charge in [-0.25, -0.2) is 0 Å². The van der Waals surface area contributed by atoms with Gasteiger partial charge in [0.15, 0.2) is 11.2 Å². The predicted molar refractivity (Wildman–Crippen MR) is 381 cm³/mol. The van der Waals surface area contributed by atoms with E-state index >= 15 is 0 Å². The Morgan fingerprint density at radius 2 is 0.744 bits per heavy atom. The van der Waals surface area contributed by atoms with Gasteiger partial charge in [-0.05, 0) is 188 Å². The molecule has 0 amide bonds. The fraction of sp³-hybridized carbons (Fsp3) is 0. The van der Waals surface area contributed by atoms with Crippen molar-refractivity contribution in [1.29, 1.82) is 0 Å². The summed E-state index contributed by atoms with van der Waals surface area (Å²) in [5.74, 6) is 0. The molecule has 0 saturated carbocycles. The van der Waals surface area contributed by atoms with Crippen molar-refractivity contribution < 1.29 is 8.83 Å². The second-order valence-corrected chi connectivity index (χ2v) is 27.2. The van der Waals surface area contributed by atoms with E-state index in [4.69, 9.17) is 8.83 Å². The van der Waals surface area contributed by atoms with Crippen LogP contribution in [0.3, 0.4) is 0 Å². The van der Waals surface area contributed by atoms with E-state index in [-0.39, 0.29) is 13.4 Å². The minimum Gasteiger partial charge on any atom is -0.454 e. The second kappa shape index (κ2) is 19.6. The SMILES string of the molecule is c1ccc(Sc2ccc3cc4oc5c6c7c(cc5c4cc3c2)Sc2cc3c(cc2B7c2ccccc2N6c2ccccc2)B2c4ccccc4N(c4ccccc4)c4c2c(cc2c4oc4cc5ccc(Sc6ccccc6)cc5cc42)N3c2ccccc2)cc1. The fourth-order valence-electron chi connectivity index (χ4n) is 15.1. The maximum absolute atomic E-state index is 7.45. The Balaban J connectivity index is 0.846. The molecule has 0 bridgehead atoms.